The van der Waals surface area contributed by atoms with Crippen LogP contribution in [0.5, 0.6) is 11.5 Å². The molecule has 0 fully saturated rings. The Morgan fingerprint density at radius 2 is 1.29 bits per heavy atom. The number of ether oxygens (including phenoxy) is 2. The molecule has 3 nitrogen and oxygen atoms in total. The van der Waals surface area contributed by atoms with E-state index in [0.717, 1.165) is 30.8 Å². The van der Waals surface area contributed by atoms with Crippen LogP contribution in [0.15, 0.2) is 48.5 Å². The molecule has 0 spiro atoms. The van der Waals surface area contributed by atoms with E-state index in [0.29, 0.717) is 30.2 Å². The monoisotopic (exact) mass is 346 g/mol. The second-order valence-electron chi connectivity index (χ2n) is 5.47. The summed E-state index contributed by atoms with van der Waals surface area (Å²) in [7, 11) is 0. The molecule has 0 saturated heterocycles. The second-order valence-corrected chi connectivity index (χ2v) is 5.85. The van der Waals surface area contributed by atoms with E-state index in [9.17, 15) is 4.79 Å². The summed E-state index contributed by atoms with van der Waals surface area (Å²) >= 11 is 5.62. The van der Waals surface area contributed by atoms with Gasteiger partial charge in [0.1, 0.15) is 11.5 Å². The van der Waals surface area contributed by atoms with Crippen LogP contribution in [0.25, 0.3) is 0 Å². The van der Waals surface area contributed by atoms with Crippen LogP contribution in [0.1, 0.15) is 42.1 Å². The number of unbranched alkanes of at least 4 members (excludes halogenated alkanes) is 1. The summed E-state index contributed by atoms with van der Waals surface area (Å²) in [6, 6.07) is 14.5. The van der Waals surface area contributed by atoms with E-state index in [-0.39, 0.29) is 5.78 Å². The zero-order valence-electron chi connectivity index (χ0n) is 14.0. The van der Waals surface area contributed by atoms with Crippen molar-refractivity contribution in [2.75, 3.05) is 19.1 Å². The maximum Gasteiger partial charge on any atom is 0.193 e. The van der Waals surface area contributed by atoms with E-state index in [1.165, 1.54) is 0 Å². The van der Waals surface area contributed by atoms with Crippen LogP contribution in [0, 0.1) is 0 Å². The molecule has 0 atom stereocenters. The molecule has 128 valence electrons. The van der Waals surface area contributed by atoms with Crippen molar-refractivity contribution in [2.45, 2.75) is 26.2 Å². The summed E-state index contributed by atoms with van der Waals surface area (Å²) in [6.45, 7) is 3.41. The van der Waals surface area contributed by atoms with Gasteiger partial charge in [0.15, 0.2) is 5.78 Å². The van der Waals surface area contributed by atoms with Crippen LogP contribution in [-0.2, 0) is 0 Å². The van der Waals surface area contributed by atoms with Crippen molar-refractivity contribution < 1.29 is 14.3 Å². The Hall–Kier alpha value is -2.00. The quantitative estimate of drug-likeness (QED) is 0.341. The molecule has 0 unspecified atom stereocenters. The Kier molecular flexibility index (Phi) is 7.63. The Morgan fingerprint density at radius 3 is 1.71 bits per heavy atom. The predicted octanol–water partition coefficient (Wildman–Crippen LogP) is 5.10. The Morgan fingerprint density at radius 1 is 0.833 bits per heavy atom. The topological polar surface area (TPSA) is 35.5 Å². The van der Waals surface area contributed by atoms with Crippen LogP contribution in [-0.4, -0.2) is 24.9 Å². The third-order valence-electron chi connectivity index (χ3n) is 3.55. The molecule has 0 saturated carbocycles. The highest BCUT2D eigenvalue weighted by atomic mass is 35.5. The minimum absolute atomic E-state index is 0.0117. The second kappa shape index (κ2) is 9.99. The first-order chi connectivity index (χ1) is 11.7. The summed E-state index contributed by atoms with van der Waals surface area (Å²) in [5.74, 6) is 2.11. The molecular weight excluding hydrogens is 324 g/mol. The third-order valence-corrected chi connectivity index (χ3v) is 3.81. The van der Waals surface area contributed by atoms with Crippen molar-refractivity contribution in [3.05, 3.63) is 59.7 Å². The Bertz CT molecular complexity index is 565. The molecular formula is C20H23ClO3. The molecule has 0 aliphatic carbocycles. The molecule has 24 heavy (non-hydrogen) atoms. The van der Waals surface area contributed by atoms with E-state index >= 15 is 0 Å². The smallest absolute Gasteiger partial charge is 0.193 e. The summed E-state index contributed by atoms with van der Waals surface area (Å²) in [6.07, 6.45) is 2.93. The van der Waals surface area contributed by atoms with Crippen molar-refractivity contribution in [1.29, 1.82) is 0 Å². The first-order valence-corrected chi connectivity index (χ1v) is 8.84. The van der Waals surface area contributed by atoms with Gasteiger partial charge in [-0.3, -0.25) is 4.79 Å². The lowest BCUT2D eigenvalue weighted by Crippen LogP contribution is -2.03. The van der Waals surface area contributed by atoms with Gasteiger partial charge in [-0.2, -0.15) is 0 Å². The number of hydrogen-bond acceptors (Lipinski definition) is 3. The molecule has 0 aromatic heterocycles. The van der Waals surface area contributed by atoms with E-state index in [4.69, 9.17) is 21.1 Å². The number of halogens is 1. The Balaban J connectivity index is 1.95. The lowest BCUT2D eigenvalue weighted by Gasteiger charge is -2.07. The fourth-order valence-corrected chi connectivity index (χ4v) is 2.26. The highest BCUT2D eigenvalue weighted by Crippen LogP contribution is 2.18. The van der Waals surface area contributed by atoms with E-state index in [1.807, 2.05) is 24.3 Å². The predicted molar refractivity (Wildman–Crippen MR) is 97.6 cm³/mol. The molecule has 0 aliphatic heterocycles. The fourth-order valence-electron chi connectivity index (χ4n) is 2.15. The number of ketones is 1. The van der Waals surface area contributed by atoms with Crippen LogP contribution >= 0.6 is 11.6 Å². The van der Waals surface area contributed by atoms with E-state index in [2.05, 4.69) is 6.92 Å². The van der Waals surface area contributed by atoms with Gasteiger partial charge in [-0.15, -0.1) is 11.6 Å². The average Bonchev–Trinajstić information content (AvgIpc) is 2.63. The molecule has 2 aromatic carbocycles. The third kappa shape index (κ3) is 5.57. The van der Waals surface area contributed by atoms with E-state index < -0.39 is 0 Å². The molecule has 4 heteroatoms. The number of carbonyl (C=O) groups excluding carboxylic acids is 1. The summed E-state index contributed by atoms with van der Waals surface area (Å²) in [5.41, 5.74) is 1.29. The van der Waals surface area contributed by atoms with Gasteiger partial charge < -0.3 is 9.47 Å². The summed E-state index contributed by atoms with van der Waals surface area (Å²) in [4.78, 5) is 12.5. The van der Waals surface area contributed by atoms with Crippen LogP contribution < -0.4 is 9.47 Å². The normalized spacial score (nSPS) is 10.4. The van der Waals surface area contributed by atoms with Crippen LogP contribution in [0.4, 0.5) is 0 Å². The van der Waals surface area contributed by atoms with Gasteiger partial charge >= 0.3 is 0 Å². The molecule has 0 aliphatic rings. The van der Waals surface area contributed by atoms with Gasteiger partial charge in [-0.05, 0) is 61.4 Å². The largest absolute Gasteiger partial charge is 0.494 e. The van der Waals surface area contributed by atoms with Crippen molar-refractivity contribution in [3.63, 3.8) is 0 Å². The molecule has 0 N–H and O–H groups in total. The average molecular weight is 347 g/mol. The number of alkyl halides is 1. The fraction of sp³-hybridized carbons (Fsp3) is 0.350. The number of rotatable bonds is 10. The number of hydrogen-bond donors (Lipinski definition) is 0. The Labute approximate surface area is 148 Å². The van der Waals surface area contributed by atoms with Gasteiger partial charge in [-0.1, -0.05) is 13.3 Å². The number of carbonyl (C=O) groups is 1. The molecule has 2 aromatic rings. The van der Waals surface area contributed by atoms with Gasteiger partial charge in [0.05, 0.1) is 13.2 Å². The van der Waals surface area contributed by atoms with Crippen molar-refractivity contribution in [1.82, 2.24) is 0 Å². The van der Waals surface area contributed by atoms with Crippen LogP contribution in [0.3, 0.4) is 0 Å². The van der Waals surface area contributed by atoms with Crippen molar-refractivity contribution in [2.24, 2.45) is 0 Å². The van der Waals surface area contributed by atoms with Gasteiger partial charge in [-0.25, -0.2) is 0 Å². The van der Waals surface area contributed by atoms with Gasteiger partial charge in [0.25, 0.3) is 0 Å². The lowest BCUT2D eigenvalue weighted by atomic mass is 10.0. The molecule has 0 bridgehead atoms. The zero-order valence-corrected chi connectivity index (χ0v) is 14.7. The molecule has 2 rings (SSSR count). The number of benzene rings is 2. The molecule has 0 amide bonds. The van der Waals surface area contributed by atoms with Crippen LogP contribution in [0.2, 0.25) is 0 Å². The van der Waals surface area contributed by atoms with E-state index in [1.54, 1.807) is 24.3 Å². The van der Waals surface area contributed by atoms with Crippen molar-refractivity contribution in [3.8, 4) is 11.5 Å². The molecule has 0 radical (unpaired) electrons. The minimum atomic E-state index is -0.0117. The maximum absolute atomic E-state index is 12.5. The van der Waals surface area contributed by atoms with Gasteiger partial charge in [0.2, 0.25) is 0 Å². The van der Waals surface area contributed by atoms with Gasteiger partial charge in [0, 0.05) is 17.0 Å². The minimum Gasteiger partial charge on any atom is -0.494 e. The lowest BCUT2D eigenvalue weighted by molar-refractivity contribution is 0.103. The highest BCUT2D eigenvalue weighted by Gasteiger charge is 2.09. The SMILES string of the molecule is CCCCOc1ccc(C(=O)c2ccc(OCCCCl)cc2)cc1. The maximum atomic E-state index is 12.5. The highest BCUT2D eigenvalue weighted by molar-refractivity contribution is 6.17. The molecule has 0 heterocycles. The zero-order chi connectivity index (χ0) is 17.2. The standard InChI is InChI=1S/C20H23ClO3/c1-2-3-14-23-18-9-5-16(6-10-18)20(22)17-7-11-19(12-8-17)24-15-4-13-21/h5-12H,2-4,13-15H2,1H3. The first kappa shape index (κ1) is 18.3. The summed E-state index contributed by atoms with van der Waals surface area (Å²) < 4.78 is 11.1. The first-order valence-electron chi connectivity index (χ1n) is 8.31. The summed E-state index contributed by atoms with van der Waals surface area (Å²) in [5, 5.41) is 0. The van der Waals surface area contributed by atoms with Crippen molar-refractivity contribution >= 4 is 17.4 Å².